The highest BCUT2D eigenvalue weighted by Crippen LogP contribution is 2.37. The fraction of sp³-hybridized carbons (Fsp3) is 0.115. The van der Waals surface area contributed by atoms with E-state index in [-0.39, 0.29) is 23.0 Å². The van der Waals surface area contributed by atoms with Crippen molar-refractivity contribution in [3.05, 3.63) is 100 Å². The molecule has 0 radical (unpaired) electrons. The molecule has 5 rings (SSSR count). The summed E-state index contributed by atoms with van der Waals surface area (Å²) in [7, 11) is 1.84. The molecule has 0 atom stereocenters. The molecule has 8 heteroatoms. The monoisotopic (exact) mass is 472 g/mol. The van der Waals surface area contributed by atoms with Crippen LogP contribution in [0.25, 0.3) is 11.1 Å². The number of carbonyl (C=O) groups excluding carboxylic acids is 1. The van der Waals surface area contributed by atoms with E-state index in [0.29, 0.717) is 23.7 Å². The van der Waals surface area contributed by atoms with Gasteiger partial charge in [-0.05, 0) is 35.4 Å². The number of aryl methyl sites for hydroxylation is 1. The maximum absolute atomic E-state index is 14.3. The molecule has 1 aliphatic heterocycles. The van der Waals surface area contributed by atoms with E-state index in [0.717, 1.165) is 22.3 Å². The van der Waals surface area contributed by atoms with E-state index in [4.69, 9.17) is 16.3 Å². The van der Waals surface area contributed by atoms with Gasteiger partial charge in [0, 0.05) is 42.5 Å². The summed E-state index contributed by atoms with van der Waals surface area (Å²) in [6, 6.07) is 16.9. The largest absolute Gasteiger partial charge is 0.452 e. The molecule has 3 aromatic carbocycles. The zero-order valence-corrected chi connectivity index (χ0v) is 18.9. The van der Waals surface area contributed by atoms with Crippen molar-refractivity contribution in [3.8, 4) is 28.7 Å². The molecule has 0 saturated carbocycles. The number of aromatic nitrogens is 2. The molecule has 0 spiro atoms. The SMILES string of the molecule is Cn1cc(-c2ccc(CN3Cc4cccc(Oc5c(F)cccc5C#N)c4C3=O)cc2Cl)cn1. The van der Waals surface area contributed by atoms with Gasteiger partial charge in [-0.3, -0.25) is 9.48 Å². The first-order valence-electron chi connectivity index (χ1n) is 10.5. The maximum Gasteiger partial charge on any atom is 0.258 e. The number of ether oxygens (including phenoxy) is 1. The molecule has 0 N–H and O–H groups in total. The van der Waals surface area contributed by atoms with Crippen LogP contribution >= 0.6 is 11.6 Å². The molecule has 6 nitrogen and oxygen atoms in total. The lowest BCUT2D eigenvalue weighted by atomic mass is 10.1. The lowest BCUT2D eigenvalue weighted by molar-refractivity contribution is 0.0764. The summed E-state index contributed by atoms with van der Waals surface area (Å²) in [5.74, 6) is -0.866. The summed E-state index contributed by atoms with van der Waals surface area (Å²) in [6.45, 7) is 0.735. The maximum atomic E-state index is 14.3. The van der Waals surface area contributed by atoms with Crippen LogP contribution in [0.15, 0.2) is 67.0 Å². The Morgan fingerprint density at radius 2 is 2.03 bits per heavy atom. The van der Waals surface area contributed by atoms with Crippen LogP contribution in [-0.2, 0) is 20.1 Å². The van der Waals surface area contributed by atoms with Crippen LogP contribution < -0.4 is 4.74 Å². The fourth-order valence-corrected chi connectivity index (χ4v) is 4.39. The van der Waals surface area contributed by atoms with E-state index in [1.807, 2.05) is 43.6 Å². The van der Waals surface area contributed by atoms with Crippen molar-refractivity contribution in [2.24, 2.45) is 7.05 Å². The highest BCUT2D eigenvalue weighted by molar-refractivity contribution is 6.33. The predicted octanol–water partition coefficient (Wildman–Crippen LogP) is 5.70. The van der Waals surface area contributed by atoms with Crippen LogP contribution in [-0.4, -0.2) is 20.6 Å². The van der Waals surface area contributed by atoms with Crippen molar-refractivity contribution in [1.29, 1.82) is 5.26 Å². The Morgan fingerprint density at radius 3 is 2.76 bits per heavy atom. The minimum atomic E-state index is -0.665. The zero-order chi connectivity index (χ0) is 23.8. The normalized spacial score (nSPS) is 12.5. The lowest BCUT2D eigenvalue weighted by Gasteiger charge is -2.17. The number of amides is 1. The average Bonchev–Trinajstić information content (AvgIpc) is 3.39. The minimum absolute atomic E-state index is 0.0586. The summed E-state index contributed by atoms with van der Waals surface area (Å²) < 4.78 is 21.8. The van der Waals surface area contributed by atoms with Crippen molar-refractivity contribution >= 4 is 17.5 Å². The van der Waals surface area contributed by atoms with E-state index in [9.17, 15) is 14.4 Å². The number of fused-ring (bicyclic) bond motifs is 1. The highest BCUT2D eigenvalue weighted by atomic mass is 35.5. The van der Waals surface area contributed by atoms with Gasteiger partial charge in [0.2, 0.25) is 0 Å². The molecule has 34 heavy (non-hydrogen) atoms. The number of rotatable bonds is 5. The lowest BCUT2D eigenvalue weighted by Crippen LogP contribution is -2.23. The number of hydrogen-bond donors (Lipinski definition) is 0. The van der Waals surface area contributed by atoms with Crippen LogP contribution in [0.1, 0.15) is 27.0 Å². The van der Waals surface area contributed by atoms with Crippen LogP contribution in [0.2, 0.25) is 5.02 Å². The van der Waals surface area contributed by atoms with E-state index in [2.05, 4.69) is 5.10 Å². The second-order valence-electron chi connectivity index (χ2n) is 8.00. The van der Waals surface area contributed by atoms with Gasteiger partial charge in [0.25, 0.3) is 5.91 Å². The van der Waals surface area contributed by atoms with E-state index >= 15 is 0 Å². The third-order valence-electron chi connectivity index (χ3n) is 5.70. The summed E-state index contributed by atoms with van der Waals surface area (Å²) >= 11 is 6.52. The molecule has 2 heterocycles. The van der Waals surface area contributed by atoms with Gasteiger partial charge >= 0.3 is 0 Å². The molecule has 168 valence electrons. The molecule has 0 unspecified atom stereocenters. The standard InChI is InChI=1S/C26H18ClFN4O2/c1-31-14-19(12-30-31)20-9-8-16(10-21(20)27)13-32-15-18-5-3-7-23(24(18)26(32)33)34-25-17(11-29)4-2-6-22(25)28/h2-10,12,14H,13,15H2,1H3. The van der Waals surface area contributed by atoms with Crippen molar-refractivity contribution in [1.82, 2.24) is 14.7 Å². The molecule has 0 fully saturated rings. The first kappa shape index (κ1) is 21.7. The smallest absolute Gasteiger partial charge is 0.258 e. The molecule has 1 amide bonds. The third-order valence-corrected chi connectivity index (χ3v) is 6.01. The molecular weight excluding hydrogens is 455 g/mol. The molecule has 0 bridgehead atoms. The Balaban J connectivity index is 1.40. The zero-order valence-electron chi connectivity index (χ0n) is 18.1. The van der Waals surface area contributed by atoms with Gasteiger partial charge in [-0.1, -0.05) is 41.9 Å². The van der Waals surface area contributed by atoms with Crippen LogP contribution in [0.4, 0.5) is 4.39 Å². The van der Waals surface area contributed by atoms with E-state index in [1.54, 1.807) is 27.9 Å². The topological polar surface area (TPSA) is 71.2 Å². The van der Waals surface area contributed by atoms with Gasteiger partial charge in [-0.15, -0.1) is 0 Å². The number of benzene rings is 3. The summed E-state index contributed by atoms with van der Waals surface area (Å²) in [6.07, 6.45) is 3.63. The number of hydrogen-bond acceptors (Lipinski definition) is 4. The number of halogens is 2. The van der Waals surface area contributed by atoms with Gasteiger partial charge in [-0.25, -0.2) is 4.39 Å². The first-order valence-corrected chi connectivity index (χ1v) is 10.9. The third kappa shape index (κ3) is 3.89. The number of nitriles is 1. The van der Waals surface area contributed by atoms with E-state index in [1.165, 1.54) is 18.2 Å². The Kier molecular flexibility index (Phi) is 5.52. The number of para-hydroxylation sites is 1. The molecule has 1 aliphatic rings. The summed E-state index contributed by atoms with van der Waals surface area (Å²) in [4.78, 5) is 15.0. The van der Waals surface area contributed by atoms with Gasteiger partial charge < -0.3 is 9.64 Å². The second-order valence-corrected chi connectivity index (χ2v) is 8.41. The Labute approximate surface area is 200 Å². The Bertz CT molecular complexity index is 1470. The Hall–Kier alpha value is -4.15. The number of carbonyl (C=O) groups is 1. The van der Waals surface area contributed by atoms with Gasteiger partial charge in [0.1, 0.15) is 11.8 Å². The molecule has 0 aliphatic carbocycles. The van der Waals surface area contributed by atoms with Gasteiger partial charge in [0.05, 0.1) is 17.3 Å². The number of nitrogens with zero attached hydrogens (tertiary/aromatic N) is 4. The van der Waals surface area contributed by atoms with E-state index < -0.39 is 5.82 Å². The van der Waals surface area contributed by atoms with Crippen molar-refractivity contribution in [2.75, 3.05) is 0 Å². The van der Waals surface area contributed by atoms with Crippen LogP contribution in [0.5, 0.6) is 11.5 Å². The van der Waals surface area contributed by atoms with Gasteiger partial charge in [0.15, 0.2) is 11.6 Å². The summed E-state index contributed by atoms with van der Waals surface area (Å²) in [5, 5.41) is 14.1. The second kappa shape index (κ2) is 8.65. The summed E-state index contributed by atoms with van der Waals surface area (Å²) in [5.41, 5.74) is 3.85. The minimum Gasteiger partial charge on any atom is -0.452 e. The Morgan fingerprint density at radius 1 is 1.21 bits per heavy atom. The predicted molar refractivity (Wildman–Crippen MR) is 125 cm³/mol. The first-order chi connectivity index (χ1) is 16.4. The fourth-order valence-electron chi connectivity index (χ4n) is 4.08. The van der Waals surface area contributed by atoms with Crippen molar-refractivity contribution in [3.63, 3.8) is 0 Å². The average molecular weight is 473 g/mol. The molecule has 4 aromatic rings. The molecule has 1 aromatic heterocycles. The van der Waals surface area contributed by atoms with Crippen molar-refractivity contribution in [2.45, 2.75) is 13.1 Å². The molecule has 0 saturated heterocycles. The van der Waals surface area contributed by atoms with Crippen LogP contribution in [0, 0.1) is 17.1 Å². The van der Waals surface area contributed by atoms with Crippen LogP contribution in [0.3, 0.4) is 0 Å². The molecular formula is C26H18ClFN4O2. The van der Waals surface area contributed by atoms with Gasteiger partial charge in [-0.2, -0.15) is 10.4 Å². The highest BCUT2D eigenvalue weighted by Gasteiger charge is 2.31. The van der Waals surface area contributed by atoms with Crippen molar-refractivity contribution < 1.29 is 13.9 Å². The quantitative estimate of drug-likeness (QED) is 0.373.